The highest BCUT2D eigenvalue weighted by Crippen LogP contribution is 2.22. The first-order valence-corrected chi connectivity index (χ1v) is 6.45. The maximum atomic E-state index is 11.7. The second-order valence-corrected chi connectivity index (χ2v) is 4.56. The van der Waals surface area contributed by atoms with Crippen molar-refractivity contribution in [1.29, 1.82) is 0 Å². The van der Waals surface area contributed by atoms with Gasteiger partial charge in [-0.25, -0.2) is 9.59 Å². The fraction of sp³-hybridized carbons (Fsp3) is 0.385. The minimum Gasteiger partial charge on any atom is -0.478 e. The third kappa shape index (κ3) is 5.58. The number of nitrogens with one attached hydrogen (secondary N) is 2. The summed E-state index contributed by atoms with van der Waals surface area (Å²) < 4.78 is 10.0. The van der Waals surface area contributed by atoms with Gasteiger partial charge < -0.3 is 25.2 Å². The number of urea groups is 1. The van der Waals surface area contributed by atoms with Crippen molar-refractivity contribution < 1.29 is 24.2 Å². The predicted octanol–water partition coefficient (Wildman–Crippen LogP) is 1.82. The van der Waals surface area contributed by atoms with E-state index >= 15 is 0 Å². The van der Waals surface area contributed by atoms with Crippen molar-refractivity contribution in [3.8, 4) is 0 Å². The van der Waals surface area contributed by atoms with Gasteiger partial charge in [0.1, 0.15) is 0 Å². The number of carbonyl (C=O) groups is 2. The molecule has 0 radical (unpaired) electrons. The number of carboxylic acid groups (broad SMARTS) is 1. The third-order valence-corrected chi connectivity index (χ3v) is 2.95. The van der Waals surface area contributed by atoms with Gasteiger partial charge in [-0.2, -0.15) is 0 Å². The van der Waals surface area contributed by atoms with E-state index in [4.69, 9.17) is 26.2 Å². The summed E-state index contributed by atoms with van der Waals surface area (Å²) in [6, 6.07) is 3.57. The number of carboxylic acids is 1. The second-order valence-electron chi connectivity index (χ2n) is 4.15. The van der Waals surface area contributed by atoms with Gasteiger partial charge >= 0.3 is 12.0 Å². The number of methoxy groups -OCH3 is 2. The maximum absolute atomic E-state index is 11.7. The highest BCUT2D eigenvalue weighted by atomic mass is 35.5. The van der Waals surface area contributed by atoms with Crippen molar-refractivity contribution in [3.63, 3.8) is 0 Å². The molecule has 0 fully saturated rings. The summed E-state index contributed by atoms with van der Waals surface area (Å²) in [4.78, 5) is 22.5. The van der Waals surface area contributed by atoms with Crippen LogP contribution in [0.15, 0.2) is 18.2 Å². The lowest BCUT2D eigenvalue weighted by Crippen LogP contribution is -2.38. The van der Waals surface area contributed by atoms with E-state index in [1.54, 1.807) is 0 Å². The number of hydrogen-bond donors (Lipinski definition) is 3. The Morgan fingerprint density at radius 1 is 1.38 bits per heavy atom. The quantitative estimate of drug-likeness (QED) is 0.713. The summed E-state index contributed by atoms with van der Waals surface area (Å²) in [6.45, 7) is 0.617. The zero-order valence-electron chi connectivity index (χ0n) is 11.7. The van der Waals surface area contributed by atoms with Crippen LogP contribution in [-0.2, 0) is 9.47 Å². The second kappa shape index (κ2) is 8.46. The molecule has 116 valence electrons. The summed E-state index contributed by atoms with van der Waals surface area (Å²) in [5.74, 6) is -1.09. The van der Waals surface area contributed by atoms with Crippen LogP contribution in [0.25, 0.3) is 0 Å². The zero-order chi connectivity index (χ0) is 15.8. The Kier molecular flexibility index (Phi) is 6.93. The standard InChI is InChI=1S/C13H17ClN2O5/c1-20-7-9(21-2)6-15-13(19)16-11-4-3-8(12(17)18)5-10(11)14/h3-5,9H,6-7H2,1-2H3,(H,17,18)(H2,15,16,19). The first-order chi connectivity index (χ1) is 9.97. The molecule has 7 nitrogen and oxygen atoms in total. The molecule has 0 saturated heterocycles. The van der Waals surface area contributed by atoms with Gasteiger partial charge in [-0.05, 0) is 18.2 Å². The van der Waals surface area contributed by atoms with Crippen molar-refractivity contribution in [2.45, 2.75) is 6.10 Å². The summed E-state index contributed by atoms with van der Waals surface area (Å²) >= 11 is 5.91. The average Bonchev–Trinajstić information content (AvgIpc) is 2.45. The molecule has 0 aliphatic heterocycles. The molecular weight excluding hydrogens is 300 g/mol. The average molecular weight is 317 g/mol. The SMILES string of the molecule is COCC(CNC(=O)Nc1ccc(C(=O)O)cc1Cl)OC. The third-order valence-electron chi connectivity index (χ3n) is 2.64. The first-order valence-electron chi connectivity index (χ1n) is 6.07. The number of anilines is 1. The van der Waals surface area contributed by atoms with Gasteiger partial charge in [0.15, 0.2) is 0 Å². The molecule has 1 unspecified atom stereocenters. The van der Waals surface area contributed by atoms with Crippen LogP contribution in [0, 0.1) is 0 Å². The van der Waals surface area contributed by atoms with Crippen molar-refractivity contribution in [2.75, 3.05) is 32.7 Å². The van der Waals surface area contributed by atoms with E-state index in [0.29, 0.717) is 12.3 Å². The number of benzene rings is 1. The fourth-order valence-corrected chi connectivity index (χ4v) is 1.75. The Labute approximate surface area is 127 Å². The summed E-state index contributed by atoms with van der Waals surface area (Å²) in [7, 11) is 3.06. The molecule has 0 spiro atoms. The van der Waals surface area contributed by atoms with Crippen LogP contribution in [0.1, 0.15) is 10.4 Å². The van der Waals surface area contributed by atoms with Gasteiger partial charge in [-0.1, -0.05) is 11.6 Å². The fourth-order valence-electron chi connectivity index (χ4n) is 1.52. The van der Waals surface area contributed by atoms with Gasteiger partial charge in [0.25, 0.3) is 0 Å². The number of amides is 2. The van der Waals surface area contributed by atoms with E-state index in [2.05, 4.69) is 10.6 Å². The van der Waals surface area contributed by atoms with Crippen LogP contribution in [0.2, 0.25) is 5.02 Å². The number of hydrogen-bond acceptors (Lipinski definition) is 4. The number of rotatable bonds is 7. The normalized spacial score (nSPS) is 11.8. The van der Waals surface area contributed by atoms with Crippen molar-refractivity contribution in [2.24, 2.45) is 0 Å². The number of halogens is 1. The number of ether oxygens (including phenoxy) is 2. The van der Waals surface area contributed by atoms with Gasteiger partial charge in [0.2, 0.25) is 0 Å². The zero-order valence-corrected chi connectivity index (χ0v) is 12.4. The lowest BCUT2D eigenvalue weighted by molar-refractivity contribution is 0.0307. The van der Waals surface area contributed by atoms with Gasteiger partial charge in [-0.15, -0.1) is 0 Å². The van der Waals surface area contributed by atoms with E-state index in [1.807, 2.05) is 0 Å². The van der Waals surface area contributed by atoms with Crippen molar-refractivity contribution in [3.05, 3.63) is 28.8 Å². The largest absolute Gasteiger partial charge is 0.478 e. The van der Waals surface area contributed by atoms with E-state index in [-0.39, 0.29) is 23.2 Å². The Hall–Kier alpha value is -1.83. The smallest absolute Gasteiger partial charge is 0.335 e. The molecule has 1 aromatic carbocycles. The highest BCUT2D eigenvalue weighted by molar-refractivity contribution is 6.34. The summed E-state index contributed by atoms with van der Waals surface area (Å²) in [5, 5.41) is 14.1. The molecule has 3 N–H and O–H groups in total. The minimum absolute atomic E-state index is 0.0468. The molecule has 8 heteroatoms. The van der Waals surface area contributed by atoms with E-state index in [1.165, 1.54) is 32.4 Å². The molecule has 1 rings (SSSR count). The van der Waals surface area contributed by atoms with Crippen LogP contribution in [0.4, 0.5) is 10.5 Å². The van der Waals surface area contributed by atoms with Crippen LogP contribution >= 0.6 is 11.6 Å². The first kappa shape index (κ1) is 17.2. The Morgan fingerprint density at radius 3 is 2.62 bits per heavy atom. The van der Waals surface area contributed by atoms with Crippen molar-refractivity contribution in [1.82, 2.24) is 5.32 Å². The van der Waals surface area contributed by atoms with Crippen molar-refractivity contribution >= 4 is 29.3 Å². The predicted molar refractivity (Wildman–Crippen MR) is 78.1 cm³/mol. The topological polar surface area (TPSA) is 96.9 Å². The Morgan fingerprint density at radius 2 is 2.10 bits per heavy atom. The highest BCUT2D eigenvalue weighted by Gasteiger charge is 2.11. The molecule has 0 saturated carbocycles. The minimum atomic E-state index is -1.09. The Bertz CT molecular complexity index is 509. The number of aromatic carboxylic acids is 1. The molecule has 2 amide bonds. The molecule has 0 heterocycles. The summed E-state index contributed by atoms with van der Waals surface area (Å²) in [5.41, 5.74) is 0.366. The molecule has 21 heavy (non-hydrogen) atoms. The lowest BCUT2D eigenvalue weighted by Gasteiger charge is -2.15. The van der Waals surface area contributed by atoms with E-state index in [9.17, 15) is 9.59 Å². The number of carbonyl (C=O) groups excluding carboxylic acids is 1. The molecule has 1 atom stereocenters. The molecule has 0 aromatic heterocycles. The lowest BCUT2D eigenvalue weighted by atomic mass is 10.2. The monoisotopic (exact) mass is 316 g/mol. The van der Waals surface area contributed by atoms with Gasteiger partial charge in [-0.3, -0.25) is 0 Å². The molecular formula is C13H17ClN2O5. The molecule has 1 aromatic rings. The van der Waals surface area contributed by atoms with Gasteiger partial charge in [0, 0.05) is 20.8 Å². The van der Waals surface area contributed by atoms with E-state index in [0.717, 1.165) is 0 Å². The van der Waals surface area contributed by atoms with Crippen LogP contribution < -0.4 is 10.6 Å². The summed E-state index contributed by atoms with van der Waals surface area (Å²) in [6.07, 6.45) is -0.259. The Balaban J connectivity index is 2.57. The van der Waals surface area contributed by atoms with Gasteiger partial charge in [0.05, 0.1) is 29.0 Å². The van der Waals surface area contributed by atoms with Crippen LogP contribution in [-0.4, -0.2) is 50.6 Å². The molecule has 0 aliphatic rings. The maximum Gasteiger partial charge on any atom is 0.335 e. The molecule has 0 bridgehead atoms. The van der Waals surface area contributed by atoms with Crippen LogP contribution in [0.3, 0.4) is 0 Å². The molecule has 0 aliphatic carbocycles. The van der Waals surface area contributed by atoms with Crippen LogP contribution in [0.5, 0.6) is 0 Å². The van der Waals surface area contributed by atoms with E-state index < -0.39 is 12.0 Å².